The molecular weight excluding hydrogens is 524 g/mol. The number of benzene rings is 4. The fraction of sp³-hybridized carbons (Fsp3) is 0.0938. The van der Waals surface area contributed by atoms with Crippen LogP contribution in [0.3, 0.4) is 0 Å². The largest absolute Gasteiger partial charge is 0.322 e. The summed E-state index contributed by atoms with van der Waals surface area (Å²) in [6, 6.07) is 28.8. The van der Waals surface area contributed by atoms with Gasteiger partial charge in [0, 0.05) is 16.6 Å². The lowest BCUT2D eigenvalue weighted by Crippen LogP contribution is -2.13. The van der Waals surface area contributed by atoms with Crippen LogP contribution in [0.5, 0.6) is 0 Å². The predicted octanol–water partition coefficient (Wildman–Crippen LogP) is 8.16. The third-order valence-electron chi connectivity index (χ3n) is 6.37. The van der Waals surface area contributed by atoms with Crippen molar-refractivity contribution in [3.05, 3.63) is 134 Å². The van der Waals surface area contributed by atoms with Crippen molar-refractivity contribution in [3.8, 4) is 11.3 Å². The lowest BCUT2D eigenvalue weighted by molar-refractivity contribution is 0.102. The zero-order valence-electron chi connectivity index (χ0n) is 21.9. The van der Waals surface area contributed by atoms with Crippen molar-refractivity contribution in [1.82, 2.24) is 4.68 Å². The Bertz CT molecular complexity index is 1750. The number of carbonyl (C=O) groups excluding carboxylic acids is 1. The SMILES string of the molecule is Cc1cc(C)c(-c2csc(=Nc3ccccc3)n2/N=C/c2cccc(NC(=O)c3ccccc3Cl)c2)cc1C. The molecule has 1 amide bonds. The first-order chi connectivity index (χ1) is 18.9. The van der Waals surface area contributed by atoms with Gasteiger partial charge in [-0.1, -0.05) is 60.1 Å². The Morgan fingerprint density at radius 2 is 1.62 bits per heavy atom. The summed E-state index contributed by atoms with van der Waals surface area (Å²) in [5.74, 6) is -0.265. The lowest BCUT2D eigenvalue weighted by Gasteiger charge is -2.11. The molecule has 0 atom stereocenters. The summed E-state index contributed by atoms with van der Waals surface area (Å²) in [6.07, 6.45) is 1.78. The number of thiazole rings is 1. The Balaban J connectivity index is 1.52. The third kappa shape index (κ3) is 6.08. The normalized spacial score (nSPS) is 11.7. The van der Waals surface area contributed by atoms with Crippen LogP contribution in [0, 0.1) is 20.8 Å². The second-order valence-electron chi connectivity index (χ2n) is 9.22. The van der Waals surface area contributed by atoms with Gasteiger partial charge in [0.25, 0.3) is 5.91 Å². The van der Waals surface area contributed by atoms with Crippen molar-refractivity contribution in [2.45, 2.75) is 20.8 Å². The third-order valence-corrected chi connectivity index (χ3v) is 7.51. The minimum Gasteiger partial charge on any atom is -0.322 e. The molecule has 0 spiro atoms. The smallest absolute Gasteiger partial charge is 0.257 e. The van der Waals surface area contributed by atoms with Crippen molar-refractivity contribution in [1.29, 1.82) is 0 Å². The molecule has 0 aliphatic carbocycles. The Hall–Kier alpha value is -4.26. The number of para-hydroxylation sites is 1. The molecule has 0 aliphatic heterocycles. The molecule has 0 saturated carbocycles. The lowest BCUT2D eigenvalue weighted by atomic mass is 9.99. The van der Waals surface area contributed by atoms with Crippen LogP contribution in [0.4, 0.5) is 11.4 Å². The number of nitrogens with one attached hydrogen (secondary N) is 1. The van der Waals surface area contributed by atoms with Gasteiger partial charge in [0.05, 0.1) is 28.2 Å². The predicted molar refractivity (Wildman–Crippen MR) is 162 cm³/mol. The number of nitrogens with zero attached hydrogens (tertiary/aromatic N) is 3. The number of halogens is 1. The van der Waals surface area contributed by atoms with Gasteiger partial charge in [-0.3, -0.25) is 4.79 Å². The number of rotatable bonds is 6. The maximum absolute atomic E-state index is 12.7. The molecule has 5 nitrogen and oxygen atoms in total. The molecule has 1 aromatic heterocycles. The number of anilines is 1. The van der Waals surface area contributed by atoms with E-state index in [1.165, 1.54) is 16.7 Å². The molecule has 0 radical (unpaired) electrons. The molecule has 4 aromatic carbocycles. The summed E-state index contributed by atoms with van der Waals surface area (Å²) < 4.78 is 1.88. The summed E-state index contributed by atoms with van der Waals surface area (Å²) in [6.45, 7) is 6.36. The average molecular weight is 551 g/mol. The van der Waals surface area contributed by atoms with Crippen LogP contribution in [0.15, 0.2) is 106 Å². The van der Waals surface area contributed by atoms with Crippen molar-refractivity contribution in [3.63, 3.8) is 0 Å². The van der Waals surface area contributed by atoms with Gasteiger partial charge < -0.3 is 5.32 Å². The molecule has 194 valence electrons. The molecule has 0 unspecified atom stereocenters. The van der Waals surface area contributed by atoms with E-state index in [-0.39, 0.29) is 5.91 Å². The van der Waals surface area contributed by atoms with Gasteiger partial charge in [0.1, 0.15) is 0 Å². The van der Waals surface area contributed by atoms with Crippen molar-refractivity contribution >= 4 is 46.4 Å². The van der Waals surface area contributed by atoms with E-state index in [2.05, 4.69) is 43.6 Å². The second-order valence-corrected chi connectivity index (χ2v) is 10.5. The zero-order chi connectivity index (χ0) is 27.4. The van der Waals surface area contributed by atoms with Crippen molar-refractivity contribution in [2.24, 2.45) is 10.1 Å². The number of amides is 1. The fourth-order valence-electron chi connectivity index (χ4n) is 4.19. The molecule has 0 saturated heterocycles. The van der Waals surface area contributed by atoms with Crippen LogP contribution in [-0.4, -0.2) is 16.8 Å². The monoisotopic (exact) mass is 550 g/mol. The van der Waals surface area contributed by atoms with Gasteiger partial charge in [-0.15, -0.1) is 11.3 Å². The summed E-state index contributed by atoms with van der Waals surface area (Å²) >= 11 is 7.74. The molecular formula is C32H27ClN4OS. The highest BCUT2D eigenvalue weighted by Gasteiger charge is 2.13. The van der Waals surface area contributed by atoms with Crippen LogP contribution in [0.25, 0.3) is 11.3 Å². The quantitative estimate of drug-likeness (QED) is 0.213. The minimum absolute atomic E-state index is 0.265. The maximum Gasteiger partial charge on any atom is 0.257 e. The minimum atomic E-state index is -0.265. The van der Waals surface area contributed by atoms with Gasteiger partial charge in [-0.2, -0.15) is 5.10 Å². The summed E-state index contributed by atoms with van der Waals surface area (Å²) in [7, 11) is 0. The van der Waals surface area contributed by atoms with Gasteiger partial charge in [-0.25, -0.2) is 9.67 Å². The zero-order valence-corrected chi connectivity index (χ0v) is 23.4. The van der Waals surface area contributed by atoms with Crippen LogP contribution >= 0.6 is 22.9 Å². The van der Waals surface area contributed by atoms with Gasteiger partial charge in [-0.05, 0) is 85.5 Å². The van der Waals surface area contributed by atoms with Gasteiger partial charge in [0.2, 0.25) is 4.80 Å². The number of hydrogen-bond acceptors (Lipinski definition) is 4. The van der Waals surface area contributed by atoms with Crippen LogP contribution in [0.1, 0.15) is 32.6 Å². The number of aromatic nitrogens is 1. The van der Waals surface area contributed by atoms with E-state index in [9.17, 15) is 4.79 Å². The molecule has 5 aromatic rings. The first-order valence-electron chi connectivity index (χ1n) is 12.5. The molecule has 7 heteroatoms. The maximum atomic E-state index is 12.7. The number of carbonyl (C=O) groups is 1. The first-order valence-corrected chi connectivity index (χ1v) is 13.7. The number of aryl methyl sites for hydroxylation is 3. The van der Waals surface area contributed by atoms with E-state index in [4.69, 9.17) is 21.7 Å². The van der Waals surface area contributed by atoms with Crippen LogP contribution < -0.4 is 10.1 Å². The Kier molecular flexibility index (Phi) is 7.87. The van der Waals surface area contributed by atoms with E-state index < -0.39 is 0 Å². The molecule has 0 fully saturated rings. The van der Waals surface area contributed by atoms with Crippen LogP contribution in [0.2, 0.25) is 5.02 Å². The number of hydrogen-bond donors (Lipinski definition) is 1. The second kappa shape index (κ2) is 11.6. The van der Waals surface area contributed by atoms with E-state index in [0.717, 1.165) is 27.3 Å². The fourth-order valence-corrected chi connectivity index (χ4v) is 5.26. The highest BCUT2D eigenvalue weighted by atomic mass is 35.5. The molecule has 0 bridgehead atoms. The van der Waals surface area contributed by atoms with E-state index >= 15 is 0 Å². The summed E-state index contributed by atoms with van der Waals surface area (Å²) in [4.78, 5) is 18.4. The Morgan fingerprint density at radius 1 is 0.872 bits per heavy atom. The van der Waals surface area contributed by atoms with E-state index in [0.29, 0.717) is 16.3 Å². The first kappa shape index (κ1) is 26.4. The molecule has 1 N–H and O–H groups in total. The van der Waals surface area contributed by atoms with Crippen molar-refractivity contribution < 1.29 is 4.79 Å². The highest BCUT2D eigenvalue weighted by Crippen LogP contribution is 2.27. The molecule has 5 rings (SSSR count). The highest BCUT2D eigenvalue weighted by molar-refractivity contribution is 7.07. The van der Waals surface area contributed by atoms with E-state index in [1.807, 2.05) is 59.3 Å². The average Bonchev–Trinajstić information content (AvgIpc) is 3.32. The topological polar surface area (TPSA) is 58.8 Å². The van der Waals surface area contributed by atoms with E-state index in [1.54, 1.807) is 41.8 Å². The Morgan fingerprint density at radius 3 is 2.41 bits per heavy atom. The summed E-state index contributed by atoms with van der Waals surface area (Å²) in [5.41, 5.74) is 8.50. The molecule has 0 aliphatic rings. The summed E-state index contributed by atoms with van der Waals surface area (Å²) in [5, 5.41) is 10.3. The van der Waals surface area contributed by atoms with Crippen molar-refractivity contribution in [2.75, 3.05) is 5.32 Å². The van der Waals surface area contributed by atoms with Crippen LogP contribution in [-0.2, 0) is 0 Å². The standard InChI is InChI=1S/C32H27ClN4OS/c1-21-16-23(3)28(17-22(21)2)30-20-39-32(36-25-11-5-4-6-12-25)37(30)34-19-24-10-9-13-26(18-24)35-31(38)27-14-7-8-15-29(27)33/h4-20H,1-3H3,(H,35,38)/b34-19+,36-32?. The van der Waals surface area contributed by atoms with Gasteiger partial charge >= 0.3 is 0 Å². The molecule has 1 heterocycles. The van der Waals surface area contributed by atoms with Gasteiger partial charge in [0.15, 0.2) is 0 Å². The Labute approximate surface area is 236 Å². The molecule has 39 heavy (non-hydrogen) atoms.